The van der Waals surface area contributed by atoms with Gasteiger partial charge in [0.15, 0.2) is 0 Å². The molecule has 2 aromatic carbocycles. The fraction of sp³-hybridized carbons (Fsp3) is 0.0909. The second-order valence-corrected chi connectivity index (χ2v) is 4.96. The fourth-order valence-corrected chi connectivity index (χ4v) is 2.10. The summed E-state index contributed by atoms with van der Waals surface area (Å²) in [6.07, 6.45) is 0. The Bertz CT molecular complexity index is 652. The predicted octanol–water partition coefficient (Wildman–Crippen LogP) is 1.45. The minimum absolute atomic E-state index is 0.147. The number of hydrogen-bond acceptors (Lipinski definition) is 4. The molecule has 90 valence electrons. The number of benzene rings is 2. The third-order valence-corrected chi connectivity index (χ3v) is 3.24. The van der Waals surface area contributed by atoms with E-state index < -0.39 is 10.1 Å². The van der Waals surface area contributed by atoms with Crippen molar-refractivity contribution in [2.45, 2.75) is 4.90 Å². The number of anilines is 1. The van der Waals surface area contributed by atoms with Gasteiger partial charge >= 0.3 is 0 Å². The Balaban J connectivity index is 2.58. The minimum Gasteiger partial charge on any atom is -0.377 e. The molecule has 3 N–H and O–H groups in total. The van der Waals surface area contributed by atoms with Crippen LogP contribution in [0.25, 0.3) is 10.8 Å². The van der Waals surface area contributed by atoms with Crippen LogP contribution in [0.5, 0.6) is 0 Å². The minimum atomic E-state index is -4.19. The van der Waals surface area contributed by atoms with E-state index in [1.807, 2.05) is 0 Å². The molecule has 0 radical (unpaired) electrons. The number of aliphatic hydroxyl groups is 1. The second-order valence-electron chi connectivity index (χ2n) is 3.53. The summed E-state index contributed by atoms with van der Waals surface area (Å²) in [5, 5.41) is 12.9. The molecule has 0 aliphatic heterocycles. The van der Waals surface area contributed by atoms with E-state index in [9.17, 15) is 8.42 Å². The molecule has 0 aliphatic rings. The molecule has 5 nitrogen and oxygen atoms in total. The molecule has 0 amide bonds. The van der Waals surface area contributed by atoms with Gasteiger partial charge < -0.3 is 10.4 Å². The molecule has 2 aromatic rings. The van der Waals surface area contributed by atoms with Gasteiger partial charge in [-0.1, -0.05) is 12.1 Å². The van der Waals surface area contributed by atoms with Gasteiger partial charge in [0.2, 0.25) is 0 Å². The Hall–Kier alpha value is -1.63. The molecule has 0 atom stereocenters. The van der Waals surface area contributed by atoms with Gasteiger partial charge in [-0.3, -0.25) is 4.55 Å². The van der Waals surface area contributed by atoms with Crippen molar-refractivity contribution in [2.24, 2.45) is 0 Å². The maximum absolute atomic E-state index is 11.0. The van der Waals surface area contributed by atoms with E-state index >= 15 is 0 Å². The van der Waals surface area contributed by atoms with Crippen LogP contribution in [0.2, 0.25) is 0 Å². The molecule has 0 saturated heterocycles. The first-order chi connectivity index (χ1) is 8.00. The first kappa shape index (κ1) is 11.8. The molecule has 0 aliphatic carbocycles. The van der Waals surface area contributed by atoms with Crippen LogP contribution in [-0.4, -0.2) is 24.8 Å². The van der Waals surface area contributed by atoms with Crippen LogP contribution in [0.1, 0.15) is 0 Å². The number of hydrogen-bond donors (Lipinski definition) is 3. The third-order valence-electron chi connectivity index (χ3n) is 2.39. The monoisotopic (exact) mass is 253 g/mol. The second kappa shape index (κ2) is 4.33. The summed E-state index contributed by atoms with van der Waals surface area (Å²) in [4.78, 5) is -0.147. The van der Waals surface area contributed by atoms with Gasteiger partial charge in [0.05, 0.1) is 4.90 Å². The summed E-state index contributed by atoms with van der Waals surface area (Å²) >= 11 is 0. The predicted molar refractivity (Wildman–Crippen MR) is 64.5 cm³/mol. The quantitative estimate of drug-likeness (QED) is 0.569. The van der Waals surface area contributed by atoms with Crippen LogP contribution < -0.4 is 5.32 Å². The largest absolute Gasteiger partial charge is 0.377 e. The van der Waals surface area contributed by atoms with Crippen molar-refractivity contribution in [3.05, 3.63) is 36.4 Å². The molecule has 0 heterocycles. The van der Waals surface area contributed by atoms with Crippen molar-refractivity contribution < 1.29 is 18.1 Å². The van der Waals surface area contributed by atoms with Crippen LogP contribution in [0.15, 0.2) is 41.3 Å². The normalized spacial score (nSPS) is 11.6. The number of fused-ring (bicyclic) bond motifs is 1. The van der Waals surface area contributed by atoms with Crippen molar-refractivity contribution in [2.75, 3.05) is 12.0 Å². The lowest BCUT2D eigenvalue weighted by Gasteiger charge is -2.05. The molecule has 0 saturated carbocycles. The fourth-order valence-electron chi connectivity index (χ4n) is 1.59. The first-order valence-electron chi connectivity index (χ1n) is 4.87. The lowest BCUT2D eigenvalue weighted by molar-refractivity contribution is 0.326. The van der Waals surface area contributed by atoms with Gasteiger partial charge in [0.1, 0.15) is 6.73 Å². The van der Waals surface area contributed by atoms with Gasteiger partial charge in [0, 0.05) is 5.69 Å². The van der Waals surface area contributed by atoms with Crippen molar-refractivity contribution >= 4 is 26.6 Å². The van der Waals surface area contributed by atoms with Gasteiger partial charge in [-0.05, 0) is 35.0 Å². The van der Waals surface area contributed by atoms with E-state index in [0.29, 0.717) is 11.1 Å². The van der Waals surface area contributed by atoms with E-state index in [2.05, 4.69) is 5.32 Å². The molecule has 0 aromatic heterocycles. The van der Waals surface area contributed by atoms with Crippen molar-refractivity contribution in [1.29, 1.82) is 0 Å². The van der Waals surface area contributed by atoms with Crippen LogP contribution >= 0.6 is 0 Å². The highest BCUT2D eigenvalue weighted by molar-refractivity contribution is 7.85. The van der Waals surface area contributed by atoms with Gasteiger partial charge in [-0.15, -0.1) is 0 Å². The molecule has 0 bridgehead atoms. The molecular formula is C11H11NO4S. The van der Waals surface area contributed by atoms with Gasteiger partial charge in [-0.25, -0.2) is 0 Å². The summed E-state index contributed by atoms with van der Waals surface area (Å²) in [5.74, 6) is 0. The van der Waals surface area contributed by atoms with E-state index in [1.54, 1.807) is 24.3 Å². The van der Waals surface area contributed by atoms with Gasteiger partial charge in [0.25, 0.3) is 10.1 Å². The smallest absolute Gasteiger partial charge is 0.294 e. The maximum Gasteiger partial charge on any atom is 0.294 e. The molecule has 0 unspecified atom stereocenters. The molecule has 0 fully saturated rings. The summed E-state index contributed by atoms with van der Waals surface area (Å²) in [5.41, 5.74) is 0.674. The Labute approximate surface area is 98.5 Å². The molecule has 0 spiro atoms. The third kappa shape index (κ3) is 2.55. The van der Waals surface area contributed by atoms with Crippen molar-refractivity contribution in [3.63, 3.8) is 0 Å². The highest BCUT2D eigenvalue weighted by atomic mass is 32.2. The number of nitrogens with one attached hydrogen (secondary N) is 1. The Morgan fingerprint density at radius 3 is 2.41 bits per heavy atom. The molecule has 6 heteroatoms. The zero-order valence-corrected chi connectivity index (χ0v) is 9.61. The SMILES string of the molecule is O=S(=O)(O)c1ccc2ccc(NCO)cc2c1. The van der Waals surface area contributed by atoms with Crippen LogP contribution in [0, 0.1) is 0 Å². The number of rotatable bonds is 3. The summed E-state index contributed by atoms with van der Waals surface area (Å²) in [7, 11) is -4.19. The highest BCUT2D eigenvalue weighted by Crippen LogP contribution is 2.22. The lowest BCUT2D eigenvalue weighted by atomic mass is 10.1. The maximum atomic E-state index is 11.0. The van der Waals surface area contributed by atoms with Crippen molar-refractivity contribution in [1.82, 2.24) is 0 Å². The van der Waals surface area contributed by atoms with E-state index in [4.69, 9.17) is 9.66 Å². The summed E-state index contributed by atoms with van der Waals surface area (Å²) < 4.78 is 30.9. The summed E-state index contributed by atoms with van der Waals surface area (Å²) in [6.45, 7) is -0.205. The zero-order chi connectivity index (χ0) is 12.5. The van der Waals surface area contributed by atoms with Crippen LogP contribution in [0.3, 0.4) is 0 Å². The van der Waals surface area contributed by atoms with Gasteiger partial charge in [-0.2, -0.15) is 8.42 Å². The Kier molecular flexibility index (Phi) is 3.01. The highest BCUT2D eigenvalue weighted by Gasteiger charge is 2.09. The average molecular weight is 253 g/mol. The standard InChI is InChI=1S/C11H11NO4S/c13-7-12-10-3-1-8-2-4-11(17(14,15)16)6-9(8)5-10/h1-6,12-13H,7H2,(H,14,15,16). The zero-order valence-electron chi connectivity index (χ0n) is 8.79. The molecule has 2 rings (SSSR count). The van der Waals surface area contributed by atoms with E-state index in [-0.39, 0.29) is 11.6 Å². The lowest BCUT2D eigenvalue weighted by Crippen LogP contribution is -1.99. The molecule has 17 heavy (non-hydrogen) atoms. The Morgan fingerprint density at radius 2 is 1.76 bits per heavy atom. The molecular weight excluding hydrogens is 242 g/mol. The van der Waals surface area contributed by atoms with Crippen LogP contribution in [-0.2, 0) is 10.1 Å². The first-order valence-corrected chi connectivity index (χ1v) is 6.31. The van der Waals surface area contributed by atoms with E-state index in [0.717, 1.165) is 5.39 Å². The number of aliphatic hydroxyl groups excluding tert-OH is 1. The topological polar surface area (TPSA) is 86.6 Å². The van der Waals surface area contributed by atoms with Crippen LogP contribution in [0.4, 0.5) is 5.69 Å². The summed E-state index contributed by atoms with van der Waals surface area (Å²) in [6, 6.07) is 9.60. The van der Waals surface area contributed by atoms with E-state index in [1.165, 1.54) is 12.1 Å². The Morgan fingerprint density at radius 1 is 1.06 bits per heavy atom. The average Bonchev–Trinajstić information content (AvgIpc) is 2.27. The van der Waals surface area contributed by atoms with Crippen molar-refractivity contribution in [3.8, 4) is 0 Å².